The monoisotopic (exact) mass is 502 g/mol. The van der Waals surface area contributed by atoms with Crippen LogP contribution in [0.5, 0.6) is 5.75 Å². The summed E-state index contributed by atoms with van der Waals surface area (Å²) >= 11 is 0. The lowest BCUT2D eigenvalue weighted by molar-refractivity contribution is 0.141. The number of ether oxygens (including phenoxy) is 1. The molecular formula is C33H52F2O. The van der Waals surface area contributed by atoms with Crippen molar-refractivity contribution < 1.29 is 13.5 Å². The van der Waals surface area contributed by atoms with Crippen molar-refractivity contribution >= 4 is 0 Å². The van der Waals surface area contributed by atoms with E-state index in [4.69, 9.17) is 4.74 Å². The molecule has 36 heavy (non-hydrogen) atoms. The maximum Gasteiger partial charge on any atom is 0.200 e. The molecule has 0 amide bonds. The van der Waals surface area contributed by atoms with Crippen LogP contribution in [0.2, 0.25) is 0 Å². The molecule has 3 aliphatic rings. The molecule has 0 spiro atoms. The van der Waals surface area contributed by atoms with Crippen molar-refractivity contribution in [3.8, 4) is 5.75 Å². The minimum absolute atomic E-state index is 0.0982. The van der Waals surface area contributed by atoms with Crippen molar-refractivity contribution in [1.82, 2.24) is 0 Å². The van der Waals surface area contributed by atoms with E-state index in [1.807, 2.05) is 0 Å². The van der Waals surface area contributed by atoms with Gasteiger partial charge in [-0.2, -0.15) is 4.39 Å². The Kier molecular flexibility index (Phi) is 11.0. The topological polar surface area (TPSA) is 9.23 Å². The number of hydrogen-bond donors (Lipinski definition) is 0. The molecule has 0 aliphatic heterocycles. The fraction of sp³-hybridized carbons (Fsp3) is 0.818. The van der Waals surface area contributed by atoms with E-state index in [1.165, 1.54) is 89.9 Å². The Morgan fingerprint density at radius 1 is 0.611 bits per heavy atom. The fourth-order valence-electron chi connectivity index (χ4n) is 7.84. The molecule has 204 valence electrons. The fourth-order valence-corrected chi connectivity index (χ4v) is 7.84. The number of rotatable bonds is 11. The normalized spacial score (nSPS) is 31.3. The highest BCUT2D eigenvalue weighted by molar-refractivity contribution is 5.31. The summed E-state index contributed by atoms with van der Waals surface area (Å²) in [4.78, 5) is 0. The van der Waals surface area contributed by atoms with Gasteiger partial charge >= 0.3 is 0 Å². The van der Waals surface area contributed by atoms with Crippen LogP contribution in [0.15, 0.2) is 12.1 Å². The third kappa shape index (κ3) is 7.70. The van der Waals surface area contributed by atoms with Gasteiger partial charge in [-0.3, -0.25) is 0 Å². The molecule has 3 saturated carbocycles. The number of halogens is 2. The van der Waals surface area contributed by atoms with Gasteiger partial charge in [0.15, 0.2) is 11.6 Å². The second-order valence-electron chi connectivity index (χ2n) is 12.7. The molecule has 3 fully saturated rings. The molecule has 0 unspecified atom stereocenters. The van der Waals surface area contributed by atoms with Crippen molar-refractivity contribution in [1.29, 1.82) is 0 Å². The van der Waals surface area contributed by atoms with Crippen molar-refractivity contribution in [3.63, 3.8) is 0 Å². The lowest BCUT2D eigenvalue weighted by Crippen LogP contribution is -2.26. The second-order valence-corrected chi connectivity index (χ2v) is 12.7. The molecule has 3 aliphatic carbocycles. The smallest absolute Gasteiger partial charge is 0.200 e. The SMILES string of the molecule is CCC[C@H]1CC[C@H](COc2ccc(CC[C@H]3CC[C@H]([C@H]4CC[C@H](CCC)CC4)CC3)c(F)c2F)CC1. The molecule has 1 aromatic carbocycles. The predicted molar refractivity (Wildman–Crippen MR) is 146 cm³/mol. The molecule has 0 aromatic heterocycles. The van der Waals surface area contributed by atoms with Crippen LogP contribution in [0.4, 0.5) is 8.78 Å². The first kappa shape index (κ1) is 27.9. The van der Waals surface area contributed by atoms with E-state index in [1.54, 1.807) is 12.1 Å². The van der Waals surface area contributed by atoms with Gasteiger partial charge in [-0.1, -0.05) is 84.1 Å². The highest BCUT2D eigenvalue weighted by Gasteiger charge is 2.31. The zero-order valence-corrected chi connectivity index (χ0v) is 23.2. The van der Waals surface area contributed by atoms with Crippen LogP contribution in [0.3, 0.4) is 0 Å². The second kappa shape index (κ2) is 14.1. The Morgan fingerprint density at radius 2 is 1.08 bits per heavy atom. The first-order valence-corrected chi connectivity index (χ1v) is 15.7. The summed E-state index contributed by atoms with van der Waals surface area (Å²) < 4.78 is 35.4. The van der Waals surface area contributed by atoms with Crippen LogP contribution in [0.1, 0.15) is 129 Å². The van der Waals surface area contributed by atoms with Gasteiger partial charge in [0.25, 0.3) is 0 Å². The third-order valence-corrected chi connectivity index (χ3v) is 10.2. The van der Waals surface area contributed by atoms with Gasteiger partial charge in [-0.25, -0.2) is 4.39 Å². The average molecular weight is 503 g/mol. The van der Waals surface area contributed by atoms with Gasteiger partial charge in [-0.05, 0) is 98.5 Å². The molecule has 0 N–H and O–H groups in total. The van der Waals surface area contributed by atoms with E-state index in [2.05, 4.69) is 13.8 Å². The lowest BCUT2D eigenvalue weighted by atomic mass is 9.68. The maximum absolute atomic E-state index is 14.9. The van der Waals surface area contributed by atoms with Gasteiger partial charge in [0.1, 0.15) is 0 Å². The largest absolute Gasteiger partial charge is 0.490 e. The van der Waals surface area contributed by atoms with E-state index in [0.29, 0.717) is 30.4 Å². The van der Waals surface area contributed by atoms with Crippen molar-refractivity contribution in [3.05, 3.63) is 29.3 Å². The number of hydrogen-bond acceptors (Lipinski definition) is 1. The van der Waals surface area contributed by atoms with Gasteiger partial charge < -0.3 is 4.74 Å². The van der Waals surface area contributed by atoms with Gasteiger partial charge in [-0.15, -0.1) is 0 Å². The summed E-state index contributed by atoms with van der Waals surface area (Å²) in [5.74, 6) is 3.47. The molecule has 0 saturated heterocycles. The Labute approximate surface area is 220 Å². The van der Waals surface area contributed by atoms with E-state index in [-0.39, 0.29) is 5.75 Å². The Bertz CT molecular complexity index is 768. The molecule has 4 rings (SSSR count). The summed E-state index contributed by atoms with van der Waals surface area (Å²) in [6.07, 6.45) is 22.8. The lowest BCUT2D eigenvalue weighted by Gasteiger charge is -2.38. The van der Waals surface area contributed by atoms with E-state index < -0.39 is 11.6 Å². The van der Waals surface area contributed by atoms with Crippen LogP contribution in [-0.2, 0) is 6.42 Å². The number of aryl methyl sites for hydroxylation is 1. The summed E-state index contributed by atoms with van der Waals surface area (Å²) in [5.41, 5.74) is 0.524. The summed E-state index contributed by atoms with van der Waals surface area (Å²) in [6, 6.07) is 3.44. The van der Waals surface area contributed by atoms with Crippen LogP contribution < -0.4 is 4.74 Å². The molecule has 0 radical (unpaired) electrons. The Morgan fingerprint density at radius 3 is 1.61 bits per heavy atom. The van der Waals surface area contributed by atoms with Gasteiger partial charge in [0.2, 0.25) is 5.82 Å². The van der Waals surface area contributed by atoms with E-state index in [0.717, 1.165) is 42.9 Å². The molecule has 0 bridgehead atoms. The third-order valence-electron chi connectivity index (χ3n) is 10.2. The molecule has 3 heteroatoms. The van der Waals surface area contributed by atoms with Gasteiger partial charge in [0, 0.05) is 0 Å². The highest BCUT2D eigenvalue weighted by Crippen LogP contribution is 2.43. The highest BCUT2D eigenvalue weighted by atomic mass is 19.2. The summed E-state index contributed by atoms with van der Waals surface area (Å²) in [5, 5.41) is 0. The van der Waals surface area contributed by atoms with Crippen LogP contribution in [-0.4, -0.2) is 6.61 Å². The Hall–Kier alpha value is -1.12. The first-order chi connectivity index (χ1) is 17.6. The van der Waals surface area contributed by atoms with Crippen molar-refractivity contribution in [2.45, 2.75) is 129 Å². The first-order valence-electron chi connectivity index (χ1n) is 15.7. The molecule has 0 atom stereocenters. The molecule has 1 nitrogen and oxygen atoms in total. The zero-order valence-electron chi connectivity index (χ0n) is 23.2. The minimum atomic E-state index is -0.783. The van der Waals surface area contributed by atoms with Crippen LogP contribution in [0, 0.1) is 47.1 Å². The average Bonchev–Trinajstić information content (AvgIpc) is 2.91. The zero-order chi connectivity index (χ0) is 25.3. The maximum atomic E-state index is 14.9. The van der Waals surface area contributed by atoms with Crippen LogP contribution >= 0.6 is 0 Å². The Balaban J connectivity index is 1.17. The summed E-state index contributed by atoms with van der Waals surface area (Å²) in [6.45, 7) is 5.08. The van der Waals surface area contributed by atoms with E-state index >= 15 is 0 Å². The van der Waals surface area contributed by atoms with Gasteiger partial charge in [0.05, 0.1) is 6.61 Å². The minimum Gasteiger partial charge on any atom is -0.490 e. The number of benzene rings is 1. The van der Waals surface area contributed by atoms with Crippen molar-refractivity contribution in [2.24, 2.45) is 35.5 Å². The molecular weight excluding hydrogens is 450 g/mol. The quantitative estimate of drug-likeness (QED) is 0.292. The summed E-state index contributed by atoms with van der Waals surface area (Å²) in [7, 11) is 0. The molecule has 1 aromatic rings. The molecule has 0 heterocycles. The van der Waals surface area contributed by atoms with E-state index in [9.17, 15) is 8.78 Å². The van der Waals surface area contributed by atoms with Crippen LogP contribution in [0.25, 0.3) is 0 Å². The standard InChI is InChI=1S/C33H52F2O/c1-3-5-24-7-9-27(10-8-24)23-36-31-22-21-30(32(34)33(31)35)20-15-26-13-18-29(19-14-26)28-16-11-25(6-4-2)12-17-28/h21-22,24-29H,3-20,23H2,1-2H3/t24-,25-,26-,27-,28-,29-. The van der Waals surface area contributed by atoms with Crippen molar-refractivity contribution in [2.75, 3.05) is 6.61 Å². The predicted octanol–water partition coefficient (Wildman–Crippen LogP) is 10.3.